The quantitative estimate of drug-likeness (QED) is 0.831. The van der Waals surface area contributed by atoms with E-state index >= 15 is 0 Å². The summed E-state index contributed by atoms with van der Waals surface area (Å²) in [6.07, 6.45) is 2.54. The molecule has 1 aliphatic rings. The molecule has 4 unspecified atom stereocenters. The molecule has 20 heavy (non-hydrogen) atoms. The Labute approximate surface area is 122 Å². The number of aryl methyl sites for hydroxylation is 1. The Hall–Kier alpha value is -0.900. The highest BCUT2D eigenvalue weighted by molar-refractivity contribution is 5.25. The Kier molecular flexibility index (Phi) is 5.58. The van der Waals surface area contributed by atoms with Crippen LogP contribution in [0.2, 0.25) is 0 Å². The van der Waals surface area contributed by atoms with Crippen molar-refractivity contribution in [3.8, 4) is 0 Å². The SMILES string of the molecule is CCOC1CC(NC(C)c2ccc(CC)cc2)C1OC. The lowest BCUT2D eigenvalue weighted by molar-refractivity contribution is -0.133. The van der Waals surface area contributed by atoms with E-state index in [1.54, 1.807) is 7.11 Å². The number of benzene rings is 1. The predicted molar refractivity (Wildman–Crippen MR) is 82.0 cm³/mol. The lowest BCUT2D eigenvalue weighted by Crippen LogP contribution is -2.60. The maximum absolute atomic E-state index is 5.66. The van der Waals surface area contributed by atoms with Crippen molar-refractivity contribution >= 4 is 0 Å². The Balaban J connectivity index is 1.89. The summed E-state index contributed by atoms with van der Waals surface area (Å²) in [6.45, 7) is 7.18. The van der Waals surface area contributed by atoms with Crippen molar-refractivity contribution in [2.75, 3.05) is 13.7 Å². The molecule has 0 bridgehead atoms. The molecular weight excluding hydrogens is 250 g/mol. The Bertz CT molecular complexity index is 404. The number of rotatable bonds is 7. The molecule has 1 aliphatic carbocycles. The second-order valence-corrected chi connectivity index (χ2v) is 5.52. The molecule has 1 aromatic carbocycles. The smallest absolute Gasteiger partial charge is 0.0987 e. The van der Waals surface area contributed by atoms with Crippen LogP contribution in [0.4, 0.5) is 0 Å². The van der Waals surface area contributed by atoms with Crippen molar-refractivity contribution < 1.29 is 9.47 Å². The number of nitrogens with one attached hydrogen (secondary N) is 1. The van der Waals surface area contributed by atoms with Crippen LogP contribution in [0.3, 0.4) is 0 Å². The maximum atomic E-state index is 5.66. The lowest BCUT2D eigenvalue weighted by atomic mass is 9.84. The van der Waals surface area contributed by atoms with E-state index in [0.717, 1.165) is 19.4 Å². The van der Waals surface area contributed by atoms with E-state index in [2.05, 4.69) is 43.4 Å². The molecule has 3 nitrogen and oxygen atoms in total. The van der Waals surface area contributed by atoms with Gasteiger partial charge in [0.1, 0.15) is 0 Å². The highest BCUT2D eigenvalue weighted by Gasteiger charge is 2.42. The highest BCUT2D eigenvalue weighted by atomic mass is 16.5. The summed E-state index contributed by atoms with van der Waals surface area (Å²) >= 11 is 0. The van der Waals surface area contributed by atoms with E-state index in [-0.39, 0.29) is 12.2 Å². The Morgan fingerprint density at radius 2 is 1.95 bits per heavy atom. The summed E-state index contributed by atoms with van der Waals surface area (Å²) in [5.74, 6) is 0. The van der Waals surface area contributed by atoms with Crippen molar-refractivity contribution in [1.29, 1.82) is 0 Å². The van der Waals surface area contributed by atoms with E-state index in [1.807, 2.05) is 6.92 Å². The molecule has 0 heterocycles. The lowest BCUT2D eigenvalue weighted by Gasteiger charge is -2.44. The first-order valence-electron chi connectivity index (χ1n) is 7.68. The highest BCUT2D eigenvalue weighted by Crippen LogP contribution is 2.29. The van der Waals surface area contributed by atoms with Crippen LogP contribution in [0.5, 0.6) is 0 Å². The van der Waals surface area contributed by atoms with E-state index in [0.29, 0.717) is 12.1 Å². The first-order valence-corrected chi connectivity index (χ1v) is 7.68. The summed E-state index contributed by atoms with van der Waals surface area (Å²) in [5.41, 5.74) is 2.72. The van der Waals surface area contributed by atoms with Crippen LogP contribution in [0.1, 0.15) is 44.4 Å². The van der Waals surface area contributed by atoms with E-state index < -0.39 is 0 Å². The Morgan fingerprint density at radius 1 is 1.25 bits per heavy atom. The molecule has 0 amide bonds. The molecule has 1 N–H and O–H groups in total. The zero-order chi connectivity index (χ0) is 14.5. The minimum atomic E-state index is 0.173. The predicted octanol–water partition coefficient (Wildman–Crippen LogP) is 3.09. The zero-order valence-electron chi connectivity index (χ0n) is 13.1. The van der Waals surface area contributed by atoms with Gasteiger partial charge in [-0.2, -0.15) is 0 Å². The fourth-order valence-electron chi connectivity index (χ4n) is 2.90. The monoisotopic (exact) mass is 277 g/mol. The van der Waals surface area contributed by atoms with E-state index in [4.69, 9.17) is 9.47 Å². The van der Waals surface area contributed by atoms with Crippen molar-refractivity contribution in [2.45, 2.75) is 57.9 Å². The fourth-order valence-corrected chi connectivity index (χ4v) is 2.90. The molecule has 1 aromatic rings. The van der Waals surface area contributed by atoms with Gasteiger partial charge in [-0.05, 0) is 37.8 Å². The topological polar surface area (TPSA) is 30.5 Å². The van der Waals surface area contributed by atoms with Crippen molar-refractivity contribution in [1.82, 2.24) is 5.32 Å². The van der Waals surface area contributed by atoms with Crippen molar-refractivity contribution in [3.05, 3.63) is 35.4 Å². The molecule has 0 radical (unpaired) electrons. The second kappa shape index (κ2) is 7.21. The van der Waals surface area contributed by atoms with Gasteiger partial charge in [-0.3, -0.25) is 0 Å². The van der Waals surface area contributed by atoms with Crippen LogP contribution in [0.15, 0.2) is 24.3 Å². The maximum Gasteiger partial charge on any atom is 0.0987 e. The van der Waals surface area contributed by atoms with Gasteiger partial charge in [0, 0.05) is 25.8 Å². The van der Waals surface area contributed by atoms with Crippen LogP contribution >= 0.6 is 0 Å². The average molecular weight is 277 g/mol. The van der Waals surface area contributed by atoms with Crippen LogP contribution in [-0.4, -0.2) is 32.0 Å². The van der Waals surface area contributed by atoms with Gasteiger partial charge in [-0.15, -0.1) is 0 Å². The molecule has 1 saturated carbocycles. The fraction of sp³-hybridized carbons (Fsp3) is 0.647. The normalized spacial score (nSPS) is 27.1. The summed E-state index contributed by atoms with van der Waals surface area (Å²) in [7, 11) is 1.77. The molecule has 0 aromatic heterocycles. The third-order valence-corrected chi connectivity index (χ3v) is 4.25. The van der Waals surface area contributed by atoms with Gasteiger partial charge in [-0.1, -0.05) is 31.2 Å². The summed E-state index contributed by atoms with van der Waals surface area (Å²) in [6, 6.07) is 9.59. The molecular formula is C17H27NO2. The zero-order valence-corrected chi connectivity index (χ0v) is 13.1. The molecule has 0 saturated heterocycles. The van der Waals surface area contributed by atoms with Crippen molar-refractivity contribution in [2.24, 2.45) is 0 Å². The van der Waals surface area contributed by atoms with Gasteiger partial charge >= 0.3 is 0 Å². The van der Waals surface area contributed by atoms with Crippen molar-refractivity contribution in [3.63, 3.8) is 0 Å². The third-order valence-electron chi connectivity index (χ3n) is 4.25. The van der Waals surface area contributed by atoms with Gasteiger partial charge in [0.15, 0.2) is 0 Å². The van der Waals surface area contributed by atoms with Crippen LogP contribution in [0, 0.1) is 0 Å². The van der Waals surface area contributed by atoms with Crippen LogP contribution in [0.25, 0.3) is 0 Å². The van der Waals surface area contributed by atoms with Gasteiger partial charge in [0.2, 0.25) is 0 Å². The number of methoxy groups -OCH3 is 1. The minimum absolute atomic E-state index is 0.173. The molecule has 0 aliphatic heterocycles. The molecule has 0 spiro atoms. The average Bonchev–Trinajstić information content (AvgIpc) is 2.46. The van der Waals surface area contributed by atoms with Gasteiger partial charge in [0.05, 0.1) is 12.2 Å². The van der Waals surface area contributed by atoms with Gasteiger partial charge in [0.25, 0.3) is 0 Å². The standard InChI is InChI=1S/C17H27NO2/c1-5-13-7-9-14(10-8-13)12(3)18-15-11-16(20-6-2)17(15)19-4/h7-10,12,15-18H,5-6,11H2,1-4H3. The molecule has 3 heteroatoms. The molecule has 112 valence electrons. The molecule has 4 atom stereocenters. The summed E-state index contributed by atoms with van der Waals surface area (Å²) in [5, 5.41) is 3.65. The molecule has 2 rings (SSSR count). The number of hydrogen-bond donors (Lipinski definition) is 1. The summed E-state index contributed by atoms with van der Waals surface area (Å²) < 4.78 is 11.2. The van der Waals surface area contributed by atoms with Gasteiger partial charge < -0.3 is 14.8 Å². The first-order chi connectivity index (χ1) is 9.69. The number of ether oxygens (including phenoxy) is 2. The minimum Gasteiger partial charge on any atom is -0.377 e. The van der Waals surface area contributed by atoms with Crippen LogP contribution in [-0.2, 0) is 15.9 Å². The third kappa shape index (κ3) is 3.40. The second-order valence-electron chi connectivity index (χ2n) is 5.52. The first kappa shape index (κ1) is 15.5. The Morgan fingerprint density at radius 3 is 2.50 bits per heavy atom. The van der Waals surface area contributed by atoms with Crippen LogP contribution < -0.4 is 5.32 Å². The largest absolute Gasteiger partial charge is 0.377 e. The van der Waals surface area contributed by atoms with E-state index in [1.165, 1.54) is 11.1 Å². The van der Waals surface area contributed by atoms with Gasteiger partial charge in [-0.25, -0.2) is 0 Å². The van der Waals surface area contributed by atoms with E-state index in [9.17, 15) is 0 Å². The number of hydrogen-bond acceptors (Lipinski definition) is 3. The summed E-state index contributed by atoms with van der Waals surface area (Å²) in [4.78, 5) is 0. The molecule has 1 fully saturated rings.